The molecule has 1 saturated heterocycles. The average Bonchev–Trinajstić information content (AvgIpc) is 3.41. The van der Waals surface area contributed by atoms with E-state index in [1.807, 2.05) is 44.3 Å². The quantitative estimate of drug-likeness (QED) is 0.261. The molecule has 7 heteroatoms. The van der Waals surface area contributed by atoms with Gasteiger partial charge in [0.1, 0.15) is 0 Å². The fourth-order valence-electron chi connectivity index (χ4n) is 5.54. The van der Waals surface area contributed by atoms with Gasteiger partial charge >= 0.3 is 0 Å². The van der Waals surface area contributed by atoms with Crippen molar-refractivity contribution in [3.8, 4) is 5.69 Å². The zero-order chi connectivity index (χ0) is 27.8. The Labute approximate surface area is 236 Å². The molecule has 1 fully saturated rings. The van der Waals surface area contributed by atoms with Gasteiger partial charge in [0.2, 0.25) is 5.91 Å². The summed E-state index contributed by atoms with van der Waals surface area (Å²) in [5.74, 6) is -0.00353. The summed E-state index contributed by atoms with van der Waals surface area (Å²) in [6, 6.07) is 20.7. The predicted octanol–water partition coefficient (Wildman–Crippen LogP) is 6.94. The van der Waals surface area contributed by atoms with Crippen molar-refractivity contribution in [2.45, 2.75) is 60.0 Å². The number of hydrogen-bond donors (Lipinski definition) is 2. The van der Waals surface area contributed by atoms with Gasteiger partial charge in [0.15, 0.2) is 5.11 Å². The molecule has 0 bridgehead atoms. The van der Waals surface area contributed by atoms with Gasteiger partial charge in [0.25, 0.3) is 0 Å². The normalized spacial score (nSPS) is 16.9. The van der Waals surface area contributed by atoms with Crippen molar-refractivity contribution < 1.29 is 4.79 Å². The third-order valence-electron chi connectivity index (χ3n) is 7.58. The summed E-state index contributed by atoms with van der Waals surface area (Å²) in [7, 11) is 0. The monoisotopic (exact) mass is 537 g/mol. The Hall–Kier alpha value is -3.97. The molecule has 0 spiro atoms. The summed E-state index contributed by atoms with van der Waals surface area (Å²) < 4.78 is 2.35. The van der Waals surface area contributed by atoms with E-state index in [9.17, 15) is 4.79 Å². The first kappa shape index (κ1) is 26.6. The first-order valence-corrected chi connectivity index (χ1v) is 13.8. The number of amides is 1. The van der Waals surface area contributed by atoms with Gasteiger partial charge in [0, 0.05) is 41.1 Å². The second-order valence-corrected chi connectivity index (χ2v) is 10.7. The topological polar surface area (TPSA) is 62.2 Å². The molecule has 0 aliphatic carbocycles. The van der Waals surface area contributed by atoms with Crippen LogP contribution in [0.5, 0.6) is 0 Å². The first-order valence-electron chi connectivity index (χ1n) is 13.4. The lowest BCUT2D eigenvalue weighted by atomic mass is 9.96. The number of thiocarbonyl (C=S) groups is 1. The number of rotatable bonds is 6. The molecule has 39 heavy (non-hydrogen) atoms. The Balaban J connectivity index is 1.65. The number of aromatic nitrogens is 2. The van der Waals surface area contributed by atoms with Gasteiger partial charge in [-0.2, -0.15) is 0 Å². The highest BCUT2D eigenvalue weighted by Gasteiger charge is 2.42. The molecule has 1 aliphatic rings. The van der Waals surface area contributed by atoms with E-state index in [-0.39, 0.29) is 18.0 Å². The molecular formula is C32H35N5OS. The van der Waals surface area contributed by atoms with Crippen molar-refractivity contribution in [1.29, 1.82) is 0 Å². The molecule has 5 rings (SSSR count). The van der Waals surface area contributed by atoms with Crippen LogP contribution in [-0.4, -0.2) is 20.6 Å². The molecule has 2 atom stereocenters. The summed E-state index contributed by atoms with van der Waals surface area (Å²) in [6.07, 6.45) is 2.26. The first-order chi connectivity index (χ1) is 18.7. The van der Waals surface area contributed by atoms with E-state index >= 15 is 0 Å². The van der Waals surface area contributed by atoms with Crippen LogP contribution in [0.15, 0.2) is 66.9 Å². The number of carbonyl (C=O) groups is 1. The van der Waals surface area contributed by atoms with E-state index < -0.39 is 0 Å². The van der Waals surface area contributed by atoms with Gasteiger partial charge in [-0.3, -0.25) is 9.78 Å². The molecule has 1 aliphatic heterocycles. The number of nitrogens with one attached hydrogen (secondary N) is 2. The smallest absolute Gasteiger partial charge is 0.224 e. The fourth-order valence-corrected chi connectivity index (χ4v) is 5.89. The summed E-state index contributed by atoms with van der Waals surface area (Å²) in [5, 5.41) is 7.22. The van der Waals surface area contributed by atoms with Crippen LogP contribution in [0, 0.1) is 34.6 Å². The average molecular weight is 538 g/mol. The van der Waals surface area contributed by atoms with Gasteiger partial charge < -0.3 is 20.1 Å². The standard InChI is InChI=1S/C32H35N5OS/c1-7-29(38)34-26-14-13-24(17-21(26)4)37-31(30(35-32(37)39)27-10-8-9-15-33-27)25-18-22(5)36(23(25)6)28-16-19(2)11-12-20(28)3/h8-18,30-31H,7H2,1-6H3,(H,34,38)(H,35,39)/t30-,31-/m1/s1. The molecule has 200 valence electrons. The maximum Gasteiger partial charge on any atom is 0.224 e. The van der Waals surface area contributed by atoms with E-state index in [0.29, 0.717) is 11.5 Å². The Morgan fingerprint density at radius 2 is 1.79 bits per heavy atom. The number of benzene rings is 2. The van der Waals surface area contributed by atoms with Gasteiger partial charge in [-0.15, -0.1) is 0 Å². The zero-order valence-electron chi connectivity index (χ0n) is 23.4. The van der Waals surface area contributed by atoms with Gasteiger partial charge in [-0.25, -0.2) is 0 Å². The minimum atomic E-state index is -0.133. The van der Waals surface area contributed by atoms with Crippen molar-refractivity contribution >= 4 is 34.6 Å². The Morgan fingerprint density at radius 1 is 1.00 bits per heavy atom. The Bertz CT molecular complexity index is 1560. The lowest BCUT2D eigenvalue weighted by Crippen LogP contribution is -2.29. The molecule has 0 unspecified atom stereocenters. The molecule has 4 aromatic rings. The Morgan fingerprint density at radius 3 is 2.49 bits per heavy atom. The number of aryl methyl sites for hydroxylation is 4. The number of nitrogens with zero attached hydrogens (tertiary/aromatic N) is 3. The molecule has 2 N–H and O–H groups in total. The molecule has 3 heterocycles. The SMILES string of the molecule is CCC(=O)Nc1ccc(N2C(=S)N[C@H](c3ccccn3)[C@H]2c2cc(C)n(-c3cc(C)ccc3C)c2C)cc1C. The third-order valence-corrected chi connectivity index (χ3v) is 7.89. The lowest BCUT2D eigenvalue weighted by Gasteiger charge is -2.29. The van der Waals surface area contributed by atoms with E-state index in [2.05, 4.69) is 84.2 Å². The minimum Gasteiger partial charge on any atom is -0.351 e. The summed E-state index contributed by atoms with van der Waals surface area (Å²) in [4.78, 5) is 18.9. The van der Waals surface area contributed by atoms with Gasteiger partial charge in [0.05, 0.1) is 17.8 Å². The van der Waals surface area contributed by atoms with E-state index in [4.69, 9.17) is 17.2 Å². The second-order valence-electron chi connectivity index (χ2n) is 10.3. The van der Waals surface area contributed by atoms with Crippen LogP contribution in [0.1, 0.15) is 64.8 Å². The Kier molecular flexibility index (Phi) is 7.28. The van der Waals surface area contributed by atoms with Crippen LogP contribution in [-0.2, 0) is 4.79 Å². The summed E-state index contributed by atoms with van der Waals surface area (Å²) >= 11 is 5.97. The van der Waals surface area contributed by atoms with Crippen LogP contribution < -0.4 is 15.5 Å². The molecular weight excluding hydrogens is 502 g/mol. The van der Waals surface area contributed by atoms with Crippen molar-refractivity contribution in [3.05, 3.63) is 106 Å². The van der Waals surface area contributed by atoms with Crippen molar-refractivity contribution in [2.24, 2.45) is 0 Å². The molecule has 2 aromatic carbocycles. The summed E-state index contributed by atoms with van der Waals surface area (Å²) in [5.41, 5.74) is 10.9. The molecule has 0 saturated carbocycles. The second kappa shape index (κ2) is 10.7. The number of pyridine rings is 1. The van der Waals surface area contributed by atoms with E-state index in [0.717, 1.165) is 22.6 Å². The van der Waals surface area contributed by atoms with Crippen LogP contribution in [0.25, 0.3) is 5.69 Å². The van der Waals surface area contributed by atoms with Crippen LogP contribution in [0.4, 0.5) is 11.4 Å². The maximum atomic E-state index is 12.0. The highest BCUT2D eigenvalue weighted by Crippen LogP contribution is 2.44. The van der Waals surface area contributed by atoms with Crippen molar-refractivity contribution in [2.75, 3.05) is 10.2 Å². The van der Waals surface area contributed by atoms with Crippen LogP contribution >= 0.6 is 12.2 Å². The van der Waals surface area contributed by atoms with Crippen molar-refractivity contribution in [3.63, 3.8) is 0 Å². The zero-order valence-corrected chi connectivity index (χ0v) is 24.2. The maximum absolute atomic E-state index is 12.0. The van der Waals surface area contributed by atoms with E-state index in [1.54, 1.807) is 0 Å². The highest BCUT2D eigenvalue weighted by molar-refractivity contribution is 7.80. The highest BCUT2D eigenvalue weighted by atomic mass is 32.1. The van der Waals surface area contributed by atoms with Crippen LogP contribution in [0.3, 0.4) is 0 Å². The lowest BCUT2D eigenvalue weighted by molar-refractivity contribution is -0.115. The fraction of sp³-hybridized carbons (Fsp3) is 0.281. The van der Waals surface area contributed by atoms with Crippen molar-refractivity contribution in [1.82, 2.24) is 14.9 Å². The number of carbonyl (C=O) groups excluding carboxylic acids is 1. The summed E-state index contributed by atoms with van der Waals surface area (Å²) in [6.45, 7) is 12.5. The van der Waals surface area contributed by atoms with E-state index in [1.165, 1.54) is 33.8 Å². The number of anilines is 2. The van der Waals surface area contributed by atoms with Gasteiger partial charge in [-0.05, 0) is 112 Å². The number of hydrogen-bond acceptors (Lipinski definition) is 3. The predicted molar refractivity (Wildman–Crippen MR) is 163 cm³/mol. The largest absolute Gasteiger partial charge is 0.351 e. The molecule has 1 amide bonds. The molecule has 2 aromatic heterocycles. The molecule has 0 radical (unpaired) electrons. The van der Waals surface area contributed by atoms with Crippen LogP contribution in [0.2, 0.25) is 0 Å². The van der Waals surface area contributed by atoms with Gasteiger partial charge in [-0.1, -0.05) is 25.1 Å². The molecule has 6 nitrogen and oxygen atoms in total. The third kappa shape index (κ3) is 4.94. The minimum absolute atomic E-state index is 0.00353.